The third-order valence-electron chi connectivity index (χ3n) is 1.56. The quantitative estimate of drug-likeness (QED) is 0.830. The number of carbonyl (C=O) groups is 2. The van der Waals surface area contributed by atoms with Crippen LogP contribution in [0, 0.1) is 0 Å². The van der Waals surface area contributed by atoms with Crippen molar-refractivity contribution >= 4 is 40.8 Å². The number of aliphatic carboxylic acids is 1. The van der Waals surface area contributed by atoms with Crippen molar-refractivity contribution in [3.8, 4) is 0 Å². The van der Waals surface area contributed by atoms with Gasteiger partial charge in [-0.3, -0.25) is 4.79 Å². The van der Waals surface area contributed by atoms with Gasteiger partial charge in [-0.05, 0) is 24.3 Å². The highest BCUT2D eigenvalue weighted by molar-refractivity contribution is 6.36. The molecule has 1 aromatic rings. The summed E-state index contributed by atoms with van der Waals surface area (Å²) in [6.07, 6.45) is 1.46. The van der Waals surface area contributed by atoms with Crippen LogP contribution in [0.4, 0.5) is 5.69 Å². The van der Waals surface area contributed by atoms with Gasteiger partial charge in [-0.15, -0.1) is 0 Å². The molecular weight excluding hydrogens is 253 g/mol. The normalized spacial score (nSPS) is 10.4. The Labute approximate surface area is 101 Å². The molecule has 0 bridgehead atoms. The summed E-state index contributed by atoms with van der Waals surface area (Å²) in [5.41, 5.74) is 0.346. The molecule has 1 N–H and O–H groups in total. The van der Waals surface area contributed by atoms with Crippen LogP contribution in [0.1, 0.15) is 0 Å². The van der Waals surface area contributed by atoms with Crippen LogP contribution in [0.2, 0.25) is 10.0 Å². The molecule has 0 aliphatic heterocycles. The third kappa shape index (κ3) is 3.92. The summed E-state index contributed by atoms with van der Waals surface area (Å²) in [5.74, 6) is -2.06. The molecule has 0 saturated heterocycles. The molecule has 4 nitrogen and oxygen atoms in total. The van der Waals surface area contributed by atoms with E-state index in [1.807, 2.05) is 0 Å². The molecular formula is C10H6Cl2NO3-. The molecule has 1 amide bonds. The van der Waals surface area contributed by atoms with E-state index in [-0.39, 0.29) is 5.02 Å². The number of rotatable bonds is 3. The number of carbonyl (C=O) groups excluding carboxylic acids is 2. The number of amides is 1. The number of hydrogen-bond donors (Lipinski definition) is 1. The van der Waals surface area contributed by atoms with Crippen LogP contribution < -0.4 is 10.4 Å². The Morgan fingerprint density at radius 1 is 1.25 bits per heavy atom. The molecule has 0 unspecified atom stereocenters. The Morgan fingerprint density at radius 2 is 1.94 bits per heavy atom. The summed E-state index contributed by atoms with van der Waals surface area (Å²) >= 11 is 11.4. The average molecular weight is 259 g/mol. The fourth-order valence-electron chi connectivity index (χ4n) is 0.909. The molecule has 0 aliphatic rings. The minimum absolute atomic E-state index is 0.266. The number of carboxylic acids is 1. The number of carboxylic acid groups (broad SMARTS) is 1. The van der Waals surface area contributed by atoms with E-state index >= 15 is 0 Å². The van der Waals surface area contributed by atoms with Crippen molar-refractivity contribution in [1.82, 2.24) is 0 Å². The maximum Gasteiger partial charge on any atom is 0.248 e. The van der Waals surface area contributed by atoms with Crippen molar-refractivity contribution < 1.29 is 14.7 Å². The van der Waals surface area contributed by atoms with Crippen molar-refractivity contribution in [1.29, 1.82) is 0 Å². The minimum atomic E-state index is -1.45. The Kier molecular flexibility index (Phi) is 4.34. The zero-order valence-corrected chi connectivity index (χ0v) is 9.38. The lowest BCUT2D eigenvalue weighted by atomic mass is 10.3. The van der Waals surface area contributed by atoms with Crippen LogP contribution in [-0.2, 0) is 9.59 Å². The number of benzene rings is 1. The topological polar surface area (TPSA) is 69.2 Å². The predicted molar refractivity (Wildman–Crippen MR) is 59.2 cm³/mol. The zero-order chi connectivity index (χ0) is 12.1. The maximum atomic E-state index is 11.2. The molecule has 0 fully saturated rings. The second-order valence-corrected chi connectivity index (χ2v) is 3.61. The van der Waals surface area contributed by atoms with Crippen LogP contribution in [0.3, 0.4) is 0 Å². The van der Waals surface area contributed by atoms with Gasteiger partial charge in [-0.2, -0.15) is 0 Å². The van der Waals surface area contributed by atoms with Crippen molar-refractivity contribution in [3.05, 3.63) is 40.4 Å². The maximum absolute atomic E-state index is 11.2. The first kappa shape index (κ1) is 12.5. The molecule has 0 radical (unpaired) electrons. The molecule has 6 heteroatoms. The second kappa shape index (κ2) is 5.53. The summed E-state index contributed by atoms with van der Waals surface area (Å²) in [7, 11) is 0. The van der Waals surface area contributed by atoms with Crippen LogP contribution in [0.5, 0.6) is 0 Å². The fourth-order valence-corrected chi connectivity index (χ4v) is 1.36. The standard InChI is InChI=1S/C10H7Cl2NO3/c11-6-1-2-8(7(12)5-6)13-9(14)3-4-10(15)16/h1-5H,(H,13,14)(H,15,16)/p-1/b4-3+. The second-order valence-electron chi connectivity index (χ2n) is 2.77. The van der Waals surface area contributed by atoms with Crippen molar-refractivity contribution in [2.24, 2.45) is 0 Å². The van der Waals surface area contributed by atoms with Gasteiger partial charge in [0.1, 0.15) is 0 Å². The van der Waals surface area contributed by atoms with Gasteiger partial charge < -0.3 is 15.2 Å². The van der Waals surface area contributed by atoms with Gasteiger partial charge in [0.25, 0.3) is 0 Å². The first-order valence-corrected chi connectivity index (χ1v) is 4.89. The van der Waals surface area contributed by atoms with Crippen LogP contribution in [-0.4, -0.2) is 11.9 Å². The van der Waals surface area contributed by atoms with Crippen LogP contribution in [0.25, 0.3) is 0 Å². The van der Waals surface area contributed by atoms with Crippen molar-refractivity contribution in [3.63, 3.8) is 0 Å². The van der Waals surface area contributed by atoms with Crippen molar-refractivity contribution in [2.45, 2.75) is 0 Å². The molecule has 1 rings (SSSR count). The monoisotopic (exact) mass is 258 g/mol. The number of halogens is 2. The first-order valence-electron chi connectivity index (χ1n) is 4.14. The Balaban J connectivity index is 2.73. The van der Waals surface area contributed by atoms with Crippen LogP contribution in [0.15, 0.2) is 30.4 Å². The summed E-state index contributed by atoms with van der Waals surface area (Å²) in [6, 6.07) is 4.52. The van der Waals surface area contributed by atoms with E-state index < -0.39 is 11.9 Å². The van der Waals surface area contributed by atoms with Gasteiger partial charge >= 0.3 is 0 Å². The van der Waals surface area contributed by atoms with Gasteiger partial charge in [0, 0.05) is 11.1 Å². The van der Waals surface area contributed by atoms with E-state index in [0.29, 0.717) is 16.8 Å². The minimum Gasteiger partial charge on any atom is -0.545 e. The van der Waals surface area contributed by atoms with Gasteiger partial charge in [0.05, 0.1) is 16.7 Å². The smallest absolute Gasteiger partial charge is 0.248 e. The van der Waals surface area contributed by atoms with E-state index in [1.54, 1.807) is 6.07 Å². The molecule has 0 atom stereocenters. The molecule has 0 spiro atoms. The van der Waals surface area contributed by atoms with E-state index in [0.717, 1.165) is 6.08 Å². The highest BCUT2D eigenvalue weighted by Crippen LogP contribution is 2.25. The molecule has 84 valence electrons. The summed E-state index contributed by atoms with van der Waals surface area (Å²) in [4.78, 5) is 21.2. The van der Waals surface area contributed by atoms with E-state index in [1.165, 1.54) is 12.1 Å². The summed E-state index contributed by atoms with van der Waals surface area (Å²) < 4.78 is 0. The first-order chi connectivity index (χ1) is 7.49. The Morgan fingerprint density at radius 3 is 2.50 bits per heavy atom. The van der Waals surface area contributed by atoms with Gasteiger partial charge in [-0.25, -0.2) is 0 Å². The molecule has 0 saturated carbocycles. The summed E-state index contributed by atoms with van der Waals surface area (Å²) in [6.45, 7) is 0. The highest BCUT2D eigenvalue weighted by Gasteiger charge is 2.03. The Bertz CT molecular complexity index is 457. The molecule has 1 aromatic carbocycles. The largest absolute Gasteiger partial charge is 0.545 e. The highest BCUT2D eigenvalue weighted by atomic mass is 35.5. The molecule has 16 heavy (non-hydrogen) atoms. The van der Waals surface area contributed by atoms with Gasteiger partial charge in [0.2, 0.25) is 5.91 Å². The molecule has 0 aromatic heterocycles. The number of hydrogen-bond acceptors (Lipinski definition) is 3. The number of nitrogens with one attached hydrogen (secondary N) is 1. The number of anilines is 1. The van der Waals surface area contributed by atoms with E-state index in [4.69, 9.17) is 23.2 Å². The lowest BCUT2D eigenvalue weighted by Crippen LogP contribution is -2.20. The summed E-state index contributed by atoms with van der Waals surface area (Å²) in [5, 5.41) is 13.1. The lowest BCUT2D eigenvalue weighted by molar-refractivity contribution is -0.297. The molecule has 0 heterocycles. The van der Waals surface area contributed by atoms with Crippen molar-refractivity contribution in [2.75, 3.05) is 5.32 Å². The Hall–Kier alpha value is -1.52. The SMILES string of the molecule is O=C([O-])/C=C/C(=O)Nc1ccc(Cl)cc1Cl. The predicted octanol–water partition coefficient (Wildman–Crippen LogP) is 1.24. The van der Waals surface area contributed by atoms with E-state index in [9.17, 15) is 14.7 Å². The molecule has 0 aliphatic carbocycles. The van der Waals surface area contributed by atoms with Crippen LogP contribution >= 0.6 is 23.2 Å². The van der Waals surface area contributed by atoms with E-state index in [2.05, 4.69) is 5.32 Å². The van der Waals surface area contributed by atoms with Gasteiger partial charge in [-0.1, -0.05) is 23.2 Å². The van der Waals surface area contributed by atoms with Gasteiger partial charge in [0.15, 0.2) is 0 Å². The zero-order valence-electron chi connectivity index (χ0n) is 7.87. The lowest BCUT2D eigenvalue weighted by Gasteiger charge is -2.04. The average Bonchev–Trinajstić information content (AvgIpc) is 2.19. The fraction of sp³-hybridized carbons (Fsp3) is 0. The third-order valence-corrected chi connectivity index (χ3v) is 2.11.